The number of para-hydroxylation sites is 1. The van der Waals surface area contributed by atoms with Crippen molar-refractivity contribution in [2.75, 3.05) is 17.7 Å². The maximum atomic E-state index is 12.6. The average molecular weight is 450 g/mol. The second kappa shape index (κ2) is 9.26. The molecular formula is C19H19N3O6S2. The van der Waals surface area contributed by atoms with E-state index in [1.807, 2.05) is 30.3 Å². The Balaban J connectivity index is 1.60. The fraction of sp³-hybridized carbons (Fsp3) is 0.316. The van der Waals surface area contributed by atoms with E-state index in [1.165, 1.54) is 18.7 Å². The lowest BCUT2D eigenvalue weighted by Gasteiger charge is -2.49. The summed E-state index contributed by atoms with van der Waals surface area (Å²) >= 11 is 6.48. The topological polar surface area (TPSA) is 125 Å². The first-order valence-electron chi connectivity index (χ1n) is 8.95. The third-order valence-electron chi connectivity index (χ3n) is 4.39. The molecule has 0 spiro atoms. The molecule has 11 heteroatoms. The molecule has 1 aromatic rings. The number of esters is 1. The molecule has 0 saturated carbocycles. The van der Waals surface area contributed by atoms with E-state index in [4.69, 9.17) is 17.0 Å². The van der Waals surface area contributed by atoms with Crippen LogP contribution in [0.1, 0.15) is 13.3 Å². The molecule has 0 radical (unpaired) electrons. The van der Waals surface area contributed by atoms with Crippen molar-refractivity contribution < 1.29 is 29.0 Å². The number of ether oxygens (including phenoxy) is 1. The molecule has 0 aromatic heterocycles. The molecule has 2 atom stereocenters. The van der Waals surface area contributed by atoms with Crippen molar-refractivity contribution in [3.05, 3.63) is 41.6 Å². The Bertz CT molecular complexity index is 933. The van der Waals surface area contributed by atoms with E-state index in [2.05, 4.69) is 10.6 Å². The number of benzene rings is 1. The number of hydrogen-bond donors (Lipinski definition) is 3. The normalized spacial score (nSPS) is 20.0. The Morgan fingerprint density at radius 1 is 1.30 bits per heavy atom. The summed E-state index contributed by atoms with van der Waals surface area (Å²) in [5.74, 6) is -2.52. The summed E-state index contributed by atoms with van der Waals surface area (Å²) in [6.07, 6.45) is -0.106. The summed E-state index contributed by atoms with van der Waals surface area (Å²) in [6.45, 7) is 1.02. The number of rotatable bonds is 7. The number of hydrogen-bond acceptors (Lipinski definition) is 7. The molecular weight excluding hydrogens is 430 g/mol. The molecule has 2 aliphatic rings. The van der Waals surface area contributed by atoms with Crippen molar-refractivity contribution in [3.63, 3.8) is 0 Å². The number of thiocarbonyl (C=S) groups is 1. The van der Waals surface area contributed by atoms with Crippen LogP contribution in [0, 0.1) is 0 Å². The highest BCUT2D eigenvalue weighted by Crippen LogP contribution is 2.40. The summed E-state index contributed by atoms with van der Waals surface area (Å²) < 4.78 is 4.89. The highest BCUT2D eigenvalue weighted by molar-refractivity contribution is 8.00. The van der Waals surface area contributed by atoms with Gasteiger partial charge in [-0.25, -0.2) is 4.79 Å². The van der Waals surface area contributed by atoms with Crippen LogP contribution in [0.3, 0.4) is 0 Å². The van der Waals surface area contributed by atoms with Crippen LogP contribution >= 0.6 is 24.0 Å². The summed E-state index contributed by atoms with van der Waals surface area (Å²) in [6, 6.07) is 8.29. The smallest absolute Gasteiger partial charge is 0.352 e. The molecule has 2 amide bonds. The Morgan fingerprint density at radius 3 is 2.63 bits per heavy atom. The highest BCUT2D eigenvalue weighted by atomic mass is 32.2. The van der Waals surface area contributed by atoms with Gasteiger partial charge in [-0.2, -0.15) is 0 Å². The van der Waals surface area contributed by atoms with Gasteiger partial charge in [0.15, 0.2) is 0 Å². The van der Waals surface area contributed by atoms with Crippen LogP contribution in [0.25, 0.3) is 0 Å². The molecule has 0 bridgehead atoms. The number of carbonyl (C=O) groups excluding carboxylic acids is 3. The fourth-order valence-electron chi connectivity index (χ4n) is 3.08. The van der Waals surface area contributed by atoms with Crippen molar-refractivity contribution in [3.8, 4) is 0 Å². The number of amides is 2. The van der Waals surface area contributed by atoms with E-state index < -0.39 is 35.2 Å². The van der Waals surface area contributed by atoms with Crippen LogP contribution in [0.5, 0.6) is 0 Å². The minimum Gasteiger partial charge on any atom is -0.477 e. The van der Waals surface area contributed by atoms with Crippen LogP contribution in [0.15, 0.2) is 41.6 Å². The number of anilines is 1. The summed E-state index contributed by atoms with van der Waals surface area (Å²) in [5, 5.41) is 14.6. The molecule has 30 heavy (non-hydrogen) atoms. The lowest BCUT2D eigenvalue weighted by Crippen LogP contribution is -2.70. The van der Waals surface area contributed by atoms with E-state index in [-0.39, 0.29) is 24.5 Å². The van der Waals surface area contributed by atoms with E-state index >= 15 is 0 Å². The minimum atomic E-state index is -1.28. The number of β-lactam (4-membered cyclic amide) rings is 1. The third-order valence-corrected chi connectivity index (χ3v) is 5.98. The average Bonchev–Trinajstić information content (AvgIpc) is 2.70. The highest BCUT2D eigenvalue weighted by Gasteiger charge is 2.54. The number of carbonyl (C=O) groups is 4. The van der Waals surface area contributed by atoms with Gasteiger partial charge in [0.1, 0.15) is 23.7 Å². The Labute approximate surface area is 181 Å². The Morgan fingerprint density at radius 2 is 2.00 bits per heavy atom. The zero-order valence-electron chi connectivity index (χ0n) is 15.9. The summed E-state index contributed by atoms with van der Waals surface area (Å²) in [5.41, 5.74) is 0.891. The van der Waals surface area contributed by atoms with Gasteiger partial charge in [-0.05, 0) is 12.1 Å². The second-order valence-corrected chi connectivity index (χ2v) is 8.18. The zero-order chi connectivity index (χ0) is 21.8. The van der Waals surface area contributed by atoms with Crippen molar-refractivity contribution in [1.29, 1.82) is 0 Å². The van der Waals surface area contributed by atoms with E-state index in [0.29, 0.717) is 10.6 Å². The van der Waals surface area contributed by atoms with Crippen LogP contribution in [-0.2, 0) is 23.9 Å². The monoisotopic (exact) mass is 449 g/mol. The molecule has 0 aliphatic carbocycles. The minimum absolute atomic E-state index is 0.106. The largest absolute Gasteiger partial charge is 0.477 e. The summed E-state index contributed by atoms with van der Waals surface area (Å²) in [4.78, 5) is 49.0. The van der Waals surface area contributed by atoms with E-state index in [1.54, 1.807) is 0 Å². The number of thioether (sulfide) groups is 1. The number of nitrogens with zero attached hydrogens (tertiary/aromatic N) is 1. The molecule has 1 saturated heterocycles. The molecule has 158 valence electrons. The lowest BCUT2D eigenvalue weighted by molar-refractivity contribution is -0.150. The molecule has 2 heterocycles. The fourth-order valence-corrected chi connectivity index (χ4v) is 4.66. The zero-order valence-corrected chi connectivity index (χ0v) is 17.5. The number of aliphatic carboxylic acids is 1. The number of carboxylic acid groups (broad SMARTS) is 1. The predicted octanol–water partition coefficient (Wildman–Crippen LogP) is 1.12. The first kappa shape index (κ1) is 21.8. The first-order valence-corrected chi connectivity index (χ1v) is 10.4. The van der Waals surface area contributed by atoms with Gasteiger partial charge in [0, 0.05) is 23.9 Å². The lowest BCUT2D eigenvalue weighted by atomic mass is 10.0. The maximum absolute atomic E-state index is 12.6. The summed E-state index contributed by atoms with van der Waals surface area (Å²) in [7, 11) is 0. The van der Waals surface area contributed by atoms with Crippen LogP contribution in [0.2, 0.25) is 0 Å². The molecule has 3 N–H and O–H groups in total. The Kier molecular flexibility index (Phi) is 6.73. The molecule has 2 aliphatic heterocycles. The van der Waals surface area contributed by atoms with Crippen LogP contribution in [0.4, 0.5) is 5.69 Å². The Hall–Kier alpha value is -2.92. The second-order valence-electron chi connectivity index (χ2n) is 6.58. The van der Waals surface area contributed by atoms with Gasteiger partial charge in [-0.1, -0.05) is 30.4 Å². The van der Waals surface area contributed by atoms with Crippen LogP contribution in [-0.4, -0.2) is 62.5 Å². The SMILES string of the molecule is CC(=O)OCC1=C(C(=O)O)N2C(=O)C(NC(=O)CC(=S)Nc3ccccc3)C2SC1. The van der Waals surface area contributed by atoms with Gasteiger partial charge in [0.25, 0.3) is 5.91 Å². The predicted molar refractivity (Wildman–Crippen MR) is 114 cm³/mol. The number of carboxylic acids is 1. The van der Waals surface area contributed by atoms with Gasteiger partial charge in [-0.3, -0.25) is 19.3 Å². The molecule has 1 aromatic carbocycles. The van der Waals surface area contributed by atoms with Gasteiger partial charge in [0.2, 0.25) is 5.91 Å². The molecule has 3 rings (SSSR count). The molecule has 9 nitrogen and oxygen atoms in total. The molecule has 1 fully saturated rings. The molecule has 2 unspecified atom stereocenters. The van der Waals surface area contributed by atoms with Crippen LogP contribution < -0.4 is 10.6 Å². The van der Waals surface area contributed by atoms with Crippen molar-refractivity contribution >= 4 is 58.4 Å². The quantitative estimate of drug-likeness (QED) is 0.319. The third kappa shape index (κ3) is 4.79. The van der Waals surface area contributed by atoms with Crippen molar-refractivity contribution in [2.24, 2.45) is 0 Å². The maximum Gasteiger partial charge on any atom is 0.352 e. The van der Waals surface area contributed by atoms with Gasteiger partial charge in [-0.15, -0.1) is 11.8 Å². The van der Waals surface area contributed by atoms with Gasteiger partial charge in [0.05, 0.1) is 11.4 Å². The number of nitrogens with one attached hydrogen (secondary N) is 2. The van der Waals surface area contributed by atoms with Gasteiger partial charge >= 0.3 is 11.9 Å². The standard InChI is InChI=1S/C19H19N3O6S2/c1-10(23)28-8-11-9-30-18-15(17(25)22(18)16(11)19(26)27)21-13(24)7-14(29)20-12-5-3-2-4-6-12/h2-6,15,18H,7-9H2,1H3,(H,20,29)(H,21,24)(H,26,27). The van der Waals surface area contributed by atoms with E-state index in [9.17, 15) is 24.3 Å². The van der Waals surface area contributed by atoms with E-state index in [0.717, 1.165) is 10.6 Å². The van der Waals surface area contributed by atoms with Crippen molar-refractivity contribution in [2.45, 2.75) is 24.8 Å². The van der Waals surface area contributed by atoms with Crippen molar-refractivity contribution in [1.82, 2.24) is 10.2 Å². The first-order chi connectivity index (χ1) is 14.3. The number of fused-ring (bicyclic) bond motifs is 1. The van der Waals surface area contributed by atoms with Gasteiger partial charge < -0.3 is 20.5 Å².